The van der Waals surface area contributed by atoms with Crippen molar-refractivity contribution < 1.29 is 28.6 Å². The highest BCUT2D eigenvalue weighted by atomic mass is 16.6. The minimum absolute atomic E-state index is 0.0866. The zero-order chi connectivity index (χ0) is 52.2. The summed E-state index contributed by atoms with van der Waals surface area (Å²) in [5, 5.41) is 0. The fourth-order valence-electron chi connectivity index (χ4n) is 8.11. The summed E-state index contributed by atoms with van der Waals surface area (Å²) < 4.78 is 16.9. The summed E-state index contributed by atoms with van der Waals surface area (Å²) in [6, 6.07) is 0. The van der Waals surface area contributed by atoms with E-state index in [0.29, 0.717) is 19.3 Å². The highest BCUT2D eigenvalue weighted by Crippen LogP contribution is 2.15. The molecule has 72 heavy (non-hydrogen) atoms. The lowest BCUT2D eigenvalue weighted by atomic mass is 10.0. The molecule has 1 atom stereocenters. The first-order chi connectivity index (χ1) is 35.5. The minimum atomic E-state index is -0.791. The van der Waals surface area contributed by atoms with Crippen LogP contribution in [0.4, 0.5) is 0 Å². The Labute approximate surface area is 444 Å². The van der Waals surface area contributed by atoms with Gasteiger partial charge in [-0.2, -0.15) is 0 Å². The van der Waals surface area contributed by atoms with Crippen LogP contribution >= 0.6 is 0 Å². The number of esters is 3. The van der Waals surface area contributed by atoms with Crippen LogP contribution in [0, 0.1) is 0 Å². The van der Waals surface area contributed by atoms with Crippen LogP contribution in [0.2, 0.25) is 0 Å². The van der Waals surface area contributed by atoms with Crippen LogP contribution in [0.3, 0.4) is 0 Å². The monoisotopic (exact) mass is 999 g/mol. The lowest BCUT2D eigenvalue weighted by Gasteiger charge is -2.18. The highest BCUT2D eigenvalue weighted by molar-refractivity contribution is 5.71. The summed E-state index contributed by atoms with van der Waals surface area (Å²) in [7, 11) is 0. The third kappa shape index (κ3) is 57.0. The van der Waals surface area contributed by atoms with Crippen LogP contribution in [-0.2, 0) is 28.6 Å². The number of hydrogen-bond donors (Lipinski definition) is 0. The molecule has 0 radical (unpaired) electrons. The molecule has 0 heterocycles. The van der Waals surface area contributed by atoms with Crippen LogP contribution < -0.4 is 0 Å². The first kappa shape index (κ1) is 68.1. The van der Waals surface area contributed by atoms with E-state index in [1.54, 1.807) is 0 Å². The molecule has 410 valence electrons. The summed E-state index contributed by atoms with van der Waals surface area (Å²) in [5.74, 6) is -0.909. The first-order valence-corrected chi connectivity index (χ1v) is 29.9. The van der Waals surface area contributed by atoms with Gasteiger partial charge < -0.3 is 14.2 Å². The van der Waals surface area contributed by atoms with Gasteiger partial charge in [0, 0.05) is 19.3 Å². The summed E-state index contributed by atoms with van der Waals surface area (Å²) in [5.41, 5.74) is 0. The second kappa shape index (κ2) is 59.6. The predicted octanol–water partition coefficient (Wildman–Crippen LogP) is 20.3. The molecule has 6 heteroatoms. The fourth-order valence-corrected chi connectivity index (χ4v) is 8.11. The number of allylic oxidation sites excluding steroid dienone is 18. The molecule has 0 saturated heterocycles. The summed E-state index contributed by atoms with van der Waals surface area (Å²) in [6.07, 6.45) is 80.8. The Balaban J connectivity index is 4.32. The van der Waals surface area contributed by atoms with Crippen molar-refractivity contribution in [3.63, 3.8) is 0 Å². The molecule has 0 aromatic carbocycles. The lowest BCUT2D eigenvalue weighted by molar-refractivity contribution is -0.167. The maximum atomic E-state index is 12.8. The Bertz CT molecular complexity index is 1470. The van der Waals surface area contributed by atoms with Crippen LogP contribution in [0.5, 0.6) is 0 Å². The molecule has 0 bridgehead atoms. The topological polar surface area (TPSA) is 78.9 Å². The van der Waals surface area contributed by atoms with Gasteiger partial charge >= 0.3 is 17.9 Å². The van der Waals surface area contributed by atoms with Gasteiger partial charge in [0.25, 0.3) is 0 Å². The molecule has 0 aliphatic carbocycles. The van der Waals surface area contributed by atoms with Crippen molar-refractivity contribution in [3.05, 3.63) is 109 Å². The van der Waals surface area contributed by atoms with E-state index in [4.69, 9.17) is 14.2 Å². The number of carbonyl (C=O) groups is 3. The highest BCUT2D eigenvalue weighted by Gasteiger charge is 2.19. The number of unbranched alkanes of at least 4 members (excludes halogenated alkanes) is 24. The molecule has 0 amide bonds. The maximum absolute atomic E-state index is 12.8. The third-order valence-electron chi connectivity index (χ3n) is 12.5. The average molecular weight is 1000 g/mol. The van der Waals surface area contributed by atoms with E-state index in [9.17, 15) is 14.4 Å². The number of hydrogen-bond acceptors (Lipinski definition) is 6. The maximum Gasteiger partial charge on any atom is 0.306 e. The molecule has 1 unspecified atom stereocenters. The Kier molecular flexibility index (Phi) is 56.4. The van der Waals surface area contributed by atoms with Crippen molar-refractivity contribution in [1.82, 2.24) is 0 Å². The van der Waals surface area contributed by atoms with Crippen molar-refractivity contribution in [2.75, 3.05) is 13.2 Å². The van der Waals surface area contributed by atoms with E-state index >= 15 is 0 Å². The summed E-state index contributed by atoms with van der Waals surface area (Å²) in [6.45, 7) is 6.40. The average Bonchev–Trinajstić information content (AvgIpc) is 3.38. The van der Waals surface area contributed by atoms with E-state index in [-0.39, 0.29) is 31.1 Å². The van der Waals surface area contributed by atoms with Gasteiger partial charge in [0.05, 0.1) is 0 Å². The zero-order valence-corrected chi connectivity index (χ0v) is 46.9. The smallest absolute Gasteiger partial charge is 0.306 e. The summed E-state index contributed by atoms with van der Waals surface area (Å²) in [4.78, 5) is 38.2. The molecule has 0 saturated carbocycles. The Morgan fingerprint density at radius 3 is 0.847 bits per heavy atom. The molecule has 0 rings (SSSR count). The van der Waals surface area contributed by atoms with Gasteiger partial charge in [0.1, 0.15) is 13.2 Å². The molecule has 6 nitrogen and oxygen atoms in total. The van der Waals surface area contributed by atoms with Crippen molar-refractivity contribution in [1.29, 1.82) is 0 Å². The standard InChI is InChI=1S/C66H110O6/c1-4-7-10-13-16-19-22-25-27-28-29-30-31-32-33-34-35-36-37-38-40-41-44-47-50-53-56-59-65(68)71-62-63(61-70-64(67)58-55-52-49-46-43-24-21-18-15-12-9-6-3)72-66(69)60-57-54-51-48-45-42-39-26-23-20-17-14-11-8-5-2/h7-8,10-11,16-17,19-20,25-27,29-30,32-33,35-36,39,63H,4-6,9,12-15,18,21-24,28,31,34,37-38,40-62H2,1-3H3/b10-7-,11-8-,19-16-,20-17-,27-25-,30-29-,33-32-,36-35-,39-26-. The van der Waals surface area contributed by atoms with Crippen molar-refractivity contribution in [2.45, 2.75) is 277 Å². The SMILES string of the molecule is CC/C=C\C/C=C\C/C=C\C/C=C\C/C=C\C/C=C\CCCCCCCCCCC(=O)OCC(COC(=O)CCCCCCCCCCCCCC)OC(=O)CCCCCCC/C=C\C/C=C\C/C=C\CC. The largest absolute Gasteiger partial charge is 0.462 e. The molecule has 0 spiro atoms. The molecule has 0 N–H and O–H groups in total. The molecule has 0 aromatic rings. The van der Waals surface area contributed by atoms with E-state index in [2.05, 4.69) is 130 Å². The van der Waals surface area contributed by atoms with Crippen molar-refractivity contribution >= 4 is 17.9 Å². The lowest BCUT2D eigenvalue weighted by Crippen LogP contribution is -2.30. The number of rotatable bonds is 53. The molecular formula is C66H110O6. The molecule has 0 fully saturated rings. The minimum Gasteiger partial charge on any atom is -0.462 e. The predicted molar refractivity (Wildman–Crippen MR) is 311 cm³/mol. The third-order valence-corrected chi connectivity index (χ3v) is 12.5. The number of carbonyl (C=O) groups excluding carboxylic acids is 3. The van der Waals surface area contributed by atoms with Gasteiger partial charge in [-0.15, -0.1) is 0 Å². The fraction of sp³-hybridized carbons (Fsp3) is 0.682. The van der Waals surface area contributed by atoms with Gasteiger partial charge in [-0.05, 0) is 103 Å². The molecule has 0 aliphatic rings. The molecular weight excluding hydrogens is 889 g/mol. The first-order valence-electron chi connectivity index (χ1n) is 29.9. The van der Waals surface area contributed by atoms with Gasteiger partial charge in [-0.3, -0.25) is 14.4 Å². The number of ether oxygens (including phenoxy) is 3. The second-order valence-electron chi connectivity index (χ2n) is 19.5. The van der Waals surface area contributed by atoms with Crippen molar-refractivity contribution in [3.8, 4) is 0 Å². The van der Waals surface area contributed by atoms with E-state index < -0.39 is 6.10 Å². The van der Waals surface area contributed by atoms with E-state index in [1.165, 1.54) is 89.9 Å². The Morgan fingerprint density at radius 2 is 0.542 bits per heavy atom. The van der Waals surface area contributed by atoms with Gasteiger partial charge in [0.15, 0.2) is 6.10 Å². The van der Waals surface area contributed by atoms with Crippen LogP contribution in [0.1, 0.15) is 271 Å². The Morgan fingerprint density at radius 1 is 0.292 bits per heavy atom. The van der Waals surface area contributed by atoms with E-state index in [0.717, 1.165) is 141 Å². The Hall–Kier alpha value is -3.93. The quantitative estimate of drug-likeness (QED) is 0.0261. The van der Waals surface area contributed by atoms with Crippen molar-refractivity contribution in [2.24, 2.45) is 0 Å². The van der Waals surface area contributed by atoms with E-state index in [1.807, 2.05) is 0 Å². The van der Waals surface area contributed by atoms with Gasteiger partial charge in [0.2, 0.25) is 0 Å². The molecule has 0 aromatic heterocycles. The van der Waals surface area contributed by atoms with Crippen LogP contribution in [0.25, 0.3) is 0 Å². The van der Waals surface area contributed by atoms with Crippen LogP contribution in [0.15, 0.2) is 109 Å². The van der Waals surface area contributed by atoms with Crippen LogP contribution in [-0.4, -0.2) is 37.2 Å². The summed E-state index contributed by atoms with van der Waals surface area (Å²) >= 11 is 0. The molecule has 0 aliphatic heterocycles. The van der Waals surface area contributed by atoms with Gasteiger partial charge in [-0.1, -0.05) is 259 Å². The normalized spacial score (nSPS) is 12.9. The zero-order valence-electron chi connectivity index (χ0n) is 46.9. The second-order valence-corrected chi connectivity index (χ2v) is 19.5. The van der Waals surface area contributed by atoms with Gasteiger partial charge in [-0.25, -0.2) is 0 Å².